The molecule has 2 aliphatic heterocycles. The molecule has 0 unspecified atom stereocenters. The highest BCUT2D eigenvalue weighted by molar-refractivity contribution is 7.86. The lowest BCUT2D eigenvalue weighted by atomic mass is 9.79. The Morgan fingerprint density at radius 2 is 1.63 bits per heavy atom. The molecule has 0 saturated carbocycles. The molecule has 14 heteroatoms. The van der Waals surface area contributed by atoms with Gasteiger partial charge >= 0.3 is 0 Å². The quantitative estimate of drug-likeness (QED) is 0.219. The fraction of sp³-hybridized carbons (Fsp3) is 0.630. The van der Waals surface area contributed by atoms with Crippen molar-refractivity contribution in [3.63, 3.8) is 0 Å². The molecular formula is C27H43N7O6S. The molecule has 2 heterocycles. The van der Waals surface area contributed by atoms with E-state index in [1.54, 1.807) is 4.90 Å². The zero-order valence-electron chi connectivity index (χ0n) is 24.3. The molecule has 13 nitrogen and oxygen atoms in total. The monoisotopic (exact) mass is 593 g/mol. The predicted molar refractivity (Wildman–Crippen MR) is 153 cm³/mol. The molecule has 41 heavy (non-hydrogen) atoms. The summed E-state index contributed by atoms with van der Waals surface area (Å²) in [6.07, 6.45) is 1.34. The number of hydrogen-bond acceptors (Lipinski definition) is 7. The van der Waals surface area contributed by atoms with Crippen molar-refractivity contribution in [2.45, 2.75) is 45.2 Å². The molecule has 5 N–H and O–H groups in total. The lowest BCUT2D eigenvalue weighted by Gasteiger charge is -2.48. The van der Waals surface area contributed by atoms with Crippen molar-refractivity contribution in [1.29, 1.82) is 0 Å². The number of benzene rings is 1. The van der Waals surface area contributed by atoms with Gasteiger partial charge in [0.2, 0.25) is 23.6 Å². The summed E-state index contributed by atoms with van der Waals surface area (Å²) in [6.45, 7) is 4.88. The van der Waals surface area contributed by atoms with Crippen LogP contribution in [0.1, 0.15) is 32.3 Å². The summed E-state index contributed by atoms with van der Waals surface area (Å²) in [6, 6.07) is 7.59. The van der Waals surface area contributed by atoms with Gasteiger partial charge in [-0.05, 0) is 30.7 Å². The van der Waals surface area contributed by atoms with Crippen LogP contribution in [-0.2, 0) is 35.8 Å². The summed E-state index contributed by atoms with van der Waals surface area (Å²) in [5.74, 6) is -1.70. The molecule has 0 radical (unpaired) electrons. The van der Waals surface area contributed by atoms with Crippen LogP contribution >= 0.6 is 0 Å². The average Bonchev–Trinajstić information content (AvgIpc) is 3.36. The summed E-state index contributed by atoms with van der Waals surface area (Å²) in [4.78, 5) is 52.1. The van der Waals surface area contributed by atoms with E-state index in [9.17, 15) is 27.6 Å². The first-order chi connectivity index (χ1) is 19.2. The van der Waals surface area contributed by atoms with Gasteiger partial charge in [-0.1, -0.05) is 44.2 Å². The molecule has 0 aliphatic carbocycles. The first-order valence-corrected chi connectivity index (χ1v) is 15.2. The maximum Gasteiger partial charge on any atom is 0.281 e. The first kappa shape index (κ1) is 32.4. The second kappa shape index (κ2) is 13.7. The zero-order chi connectivity index (χ0) is 30.4. The summed E-state index contributed by atoms with van der Waals surface area (Å²) in [7, 11) is -0.510. The molecule has 0 aromatic heterocycles. The highest BCUT2D eigenvalue weighted by Gasteiger charge is 2.51. The van der Waals surface area contributed by atoms with Crippen LogP contribution in [0.3, 0.4) is 0 Å². The molecule has 2 fully saturated rings. The highest BCUT2D eigenvalue weighted by Crippen LogP contribution is 2.40. The molecule has 228 valence electrons. The number of likely N-dealkylation sites (tertiary alicyclic amines) is 1. The van der Waals surface area contributed by atoms with Crippen molar-refractivity contribution in [1.82, 2.24) is 29.5 Å². The molecule has 2 saturated heterocycles. The summed E-state index contributed by atoms with van der Waals surface area (Å²) >= 11 is 0. The second-order valence-electron chi connectivity index (χ2n) is 11.6. The number of nitrogens with zero attached hydrogens (tertiary/aromatic N) is 3. The topological polar surface area (TPSA) is 174 Å². The lowest BCUT2D eigenvalue weighted by molar-refractivity contribution is -0.143. The normalized spacial score (nSPS) is 18.2. The van der Waals surface area contributed by atoms with Gasteiger partial charge in [0, 0.05) is 45.7 Å². The minimum atomic E-state index is -3.50. The second-order valence-corrected chi connectivity index (χ2v) is 13.7. The Bertz CT molecular complexity index is 1200. The van der Waals surface area contributed by atoms with Crippen LogP contribution in [0.25, 0.3) is 0 Å². The highest BCUT2D eigenvalue weighted by atomic mass is 32.2. The molecule has 2 aliphatic rings. The van der Waals surface area contributed by atoms with Crippen molar-refractivity contribution in [2.75, 3.05) is 53.4 Å². The van der Waals surface area contributed by atoms with Gasteiger partial charge in [-0.15, -0.1) is 0 Å². The zero-order valence-corrected chi connectivity index (χ0v) is 25.1. The number of carbonyl (C=O) groups is 4. The van der Waals surface area contributed by atoms with Crippen LogP contribution in [0.4, 0.5) is 0 Å². The van der Waals surface area contributed by atoms with Gasteiger partial charge in [0.1, 0.15) is 6.04 Å². The van der Waals surface area contributed by atoms with Crippen molar-refractivity contribution in [3.05, 3.63) is 35.9 Å². The number of hydrogen-bond donors (Lipinski definition) is 4. The van der Waals surface area contributed by atoms with E-state index in [1.807, 2.05) is 44.2 Å². The Hall–Kier alpha value is -3.07. The maximum absolute atomic E-state index is 12.9. The number of amides is 4. The van der Waals surface area contributed by atoms with Crippen LogP contribution < -0.4 is 21.7 Å². The third-order valence-electron chi connectivity index (χ3n) is 7.43. The molecule has 2 atom stereocenters. The van der Waals surface area contributed by atoms with E-state index in [1.165, 1.54) is 22.7 Å². The largest absolute Gasteiger partial charge is 0.346 e. The number of nitrogens with two attached hydrogens (primary N) is 1. The lowest BCUT2D eigenvalue weighted by Crippen LogP contribution is -2.61. The van der Waals surface area contributed by atoms with Crippen LogP contribution in [0.2, 0.25) is 0 Å². The number of carbonyl (C=O) groups excluding carboxylic acids is 4. The van der Waals surface area contributed by atoms with E-state index in [4.69, 9.17) is 5.73 Å². The van der Waals surface area contributed by atoms with E-state index in [-0.39, 0.29) is 30.3 Å². The molecule has 1 spiro atoms. The summed E-state index contributed by atoms with van der Waals surface area (Å²) < 4.78 is 27.4. The Balaban J connectivity index is 1.43. The van der Waals surface area contributed by atoms with Crippen molar-refractivity contribution < 1.29 is 27.6 Å². The molecule has 1 aromatic carbocycles. The Morgan fingerprint density at radius 3 is 2.24 bits per heavy atom. The summed E-state index contributed by atoms with van der Waals surface area (Å²) in [5.41, 5.74) is 6.60. The first-order valence-electron chi connectivity index (χ1n) is 13.8. The van der Waals surface area contributed by atoms with Gasteiger partial charge in [-0.3, -0.25) is 19.2 Å². The van der Waals surface area contributed by atoms with Gasteiger partial charge in [0.25, 0.3) is 10.2 Å². The smallest absolute Gasteiger partial charge is 0.281 e. The van der Waals surface area contributed by atoms with Crippen molar-refractivity contribution in [3.8, 4) is 0 Å². The van der Waals surface area contributed by atoms with E-state index >= 15 is 0 Å². The SMILES string of the molecule is CC(C)C[C@@H](NC(=O)CNC(=O)[C@H](N)Cc1ccccc1)C(=O)NCC(=O)N1CC2(CCN(S(=O)(=O)N(C)C)C2)C1. The fourth-order valence-electron chi connectivity index (χ4n) is 5.13. The van der Waals surface area contributed by atoms with Crippen LogP contribution in [0, 0.1) is 11.3 Å². The summed E-state index contributed by atoms with van der Waals surface area (Å²) in [5, 5.41) is 7.77. The van der Waals surface area contributed by atoms with E-state index in [0.29, 0.717) is 45.4 Å². The van der Waals surface area contributed by atoms with Crippen molar-refractivity contribution in [2.24, 2.45) is 17.1 Å². The van der Waals surface area contributed by atoms with Crippen LogP contribution in [-0.4, -0.2) is 111 Å². The van der Waals surface area contributed by atoms with Gasteiger partial charge in [-0.25, -0.2) is 0 Å². The Kier molecular flexibility index (Phi) is 10.9. The minimum absolute atomic E-state index is 0.0784. The van der Waals surface area contributed by atoms with Gasteiger partial charge in [0.05, 0.1) is 19.1 Å². The third-order valence-corrected chi connectivity index (χ3v) is 9.31. The average molecular weight is 594 g/mol. The van der Waals surface area contributed by atoms with Gasteiger partial charge in [-0.2, -0.15) is 17.0 Å². The number of nitrogens with one attached hydrogen (secondary N) is 3. The maximum atomic E-state index is 12.9. The van der Waals surface area contributed by atoms with E-state index in [2.05, 4.69) is 16.0 Å². The van der Waals surface area contributed by atoms with Gasteiger partial charge in [0.15, 0.2) is 0 Å². The number of rotatable bonds is 13. The molecule has 1 aromatic rings. The van der Waals surface area contributed by atoms with Gasteiger partial charge < -0.3 is 26.6 Å². The molecule has 3 rings (SSSR count). The van der Waals surface area contributed by atoms with Crippen LogP contribution in [0.15, 0.2) is 30.3 Å². The van der Waals surface area contributed by atoms with E-state index in [0.717, 1.165) is 5.56 Å². The molecule has 4 amide bonds. The molecule has 0 bridgehead atoms. The standard InChI is InChI=1S/C27H43N7O6S/c1-19(2)12-22(31-23(35)14-29-25(37)21(28)13-20-8-6-5-7-9-20)26(38)30-15-24(36)33-16-27(17-33)10-11-34(18-27)41(39,40)32(3)4/h5-9,19,21-22H,10-18,28H2,1-4H3,(H,29,37)(H,30,38)(H,31,35)/t21-,22-/m1/s1. The Labute approximate surface area is 242 Å². The third kappa shape index (κ3) is 8.71. The fourth-order valence-corrected chi connectivity index (χ4v) is 6.35. The van der Waals surface area contributed by atoms with Crippen LogP contribution in [0.5, 0.6) is 0 Å². The van der Waals surface area contributed by atoms with Crippen molar-refractivity contribution >= 4 is 33.8 Å². The Morgan fingerprint density at radius 1 is 1.00 bits per heavy atom. The van der Waals surface area contributed by atoms with E-state index < -0.39 is 40.0 Å². The minimum Gasteiger partial charge on any atom is -0.346 e. The molecular weight excluding hydrogens is 550 g/mol. The predicted octanol–water partition coefficient (Wildman–Crippen LogP) is -1.34.